The van der Waals surface area contributed by atoms with E-state index in [2.05, 4.69) is 0 Å². The van der Waals surface area contributed by atoms with Crippen molar-refractivity contribution < 1.29 is 19.2 Å². The molecule has 0 aromatic heterocycles. The third kappa shape index (κ3) is 1.92. The first-order valence-corrected chi connectivity index (χ1v) is 9.34. The summed E-state index contributed by atoms with van der Waals surface area (Å²) >= 11 is 0. The Labute approximate surface area is 155 Å². The third-order valence-corrected chi connectivity index (χ3v) is 6.51. The molecular formula is C19H20N4O4. The number of carbonyl (C=O) groups is 4. The van der Waals surface area contributed by atoms with Gasteiger partial charge in [0.1, 0.15) is 0 Å². The standard InChI is InChI=1S/C19H20N4O4/c20-16(25)19-8-1-9-21(19)18(27)23(17(19)26)13-6-4-12(5-7-13)22-14-3-2-11(10-14)15(22)24/h4-7,11,14H,1-3,8-10H2,(H2,20,25)/t11?,14?,19-/m0/s1. The van der Waals surface area contributed by atoms with Crippen molar-refractivity contribution in [2.45, 2.75) is 43.7 Å². The van der Waals surface area contributed by atoms with Crippen molar-refractivity contribution in [2.75, 3.05) is 16.3 Å². The van der Waals surface area contributed by atoms with E-state index in [1.807, 2.05) is 4.90 Å². The lowest BCUT2D eigenvalue weighted by Crippen LogP contribution is -2.55. The van der Waals surface area contributed by atoms with Gasteiger partial charge in [-0.15, -0.1) is 0 Å². The lowest BCUT2D eigenvalue weighted by atomic mass is 9.95. The molecule has 3 saturated heterocycles. The van der Waals surface area contributed by atoms with Crippen molar-refractivity contribution in [1.29, 1.82) is 0 Å². The maximum atomic E-state index is 13.0. The molecule has 0 spiro atoms. The van der Waals surface area contributed by atoms with E-state index in [0.717, 1.165) is 29.8 Å². The van der Waals surface area contributed by atoms with Crippen LogP contribution in [0.15, 0.2) is 24.3 Å². The average Bonchev–Trinajstić information content (AvgIpc) is 3.39. The van der Waals surface area contributed by atoms with Crippen LogP contribution in [0, 0.1) is 5.92 Å². The van der Waals surface area contributed by atoms with Crippen molar-refractivity contribution in [3.8, 4) is 0 Å². The Morgan fingerprint density at radius 1 is 1.07 bits per heavy atom. The molecule has 27 heavy (non-hydrogen) atoms. The predicted octanol–water partition coefficient (Wildman–Crippen LogP) is 0.988. The monoisotopic (exact) mass is 368 g/mol. The van der Waals surface area contributed by atoms with Crippen LogP contribution in [-0.4, -0.2) is 46.8 Å². The van der Waals surface area contributed by atoms with Crippen molar-refractivity contribution in [1.82, 2.24) is 4.90 Å². The van der Waals surface area contributed by atoms with E-state index in [4.69, 9.17) is 5.73 Å². The van der Waals surface area contributed by atoms with Crippen LogP contribution in [-0.2, 0) is 14.4 Å². The molecule has 3 heterocycles. The summed E-state index contributed by atoms with van der Waals surface area (Å²) in [5, 5.41) is 0. The van der Waals surface area contributed by atoms with Crippen LogP contribution in [0.25, 0.3) is 0 Å². The highest BCUT2D eigenvalue weighted by Crippen LogP contribution is 2.43. The molecule has 4 fully saturated rings. The van der Waals surface area contributed by atoms with Gasteiger partial charge in [-0.3, -0.25) is 14.4 Å². The molecule has 2 unspecified atom stereocenters. The van der Waals surface area contributed by atoms with Crippen LogP contribution in [0.2, 0.25) is 0 Å². The van der Waals surface area contributed by atoms with Crippen LogP contribution >= 0.6 is 0 Å². The number of nitrogens with two attached hydrogens (primary N) is 1. The summed E-state index contributed by atoms with van der Waals surface area (Å²) in [4.78, 5) is 54.3. The van der Waals surface area contributed by atoms with E-state index in [0.29, 0.717) is 18.7 Å². The van der Waals surface area contributed by atoms with Crippen LogP contribution in [0.5, 0.6) is 0 Å². The number of carbonyl (C=O) groups excluding carboxylic acids is 4. The second-order valence-electron chi connectivity index (χ2n) is 7.79. The highest BCUT2D eigenvalue weighted by molar-refractivity contribution is 6.31. The van der Waals surface area contributed by atoms with Gasteiger partial charge in [-0.1, -0.05) is 0 Å². The molecule has 2 bridgehead atoms. The van der Waals surface area contributed by atoms with Crippen molar-refractivity contribution in [2.24, 2.45) is 11.7 Å². The van der Waals surface area contributed by atoms with Crippen LogP contribution < -0.4 is 15.5 Å². The van der Waals surface area contributed by atoms with E-state index in [1.165, 1.54) is 4.90 Å². The number of hydrogen-bond acceptors (Lipinski definition) is 4. The summed E-state index contributed by atoms with van der Waals surface area (Å²) in [6, 6.07) is 6.55. The number of nitrogens with zero attached hydrogens (tertiary/aromatic N) is 3. The van der Waals surface area contributed by atoms with Gasteiger partial charge in [-0.05, 0) is 56.4 Å². The molecule has 5 amide bonds. The number of rotatable bonds is 3. The maximum absolute atomic E-state index is 13.0. The summed E-state index contributed by atoms with van der Waals surface area (Å²) in [6.45, 7) is 0.341. The van der Waals surface area contributed by atoms with Crippen LogP contribution in [0.3, 0.4) is 0 Å². The van der Waals surface area contributed by atoms with E-state index in [1.54, 1.807) is 24.3 Å². The zero-order valence-electron chi connectivity index (χ0n) is 14.8. The van der Waals surface area contributed by atoms with Gasteiger partial charge in [0.05, 0.1) is 5.69 Å². The van der Waals surface area contributed by atoms with Crippen LogP contribution in [0.4, 0.5) is 16.2 Å². The Kier molecular flexibility index (Phi) is 3.20. The zero-order chi connectivity index (χ0) is 18.9. The fourth-order valence-corrected chi connectivity index (χ4v) is 5.18. The van der Waals surface area contributed by atoms with Gasteiger partial charge in [-0.2, -0.15) is 0 Å². The van der Waals surface area contributed by atoms with Gasteiger partial charge in [-0.25, -0.2) is 9.69 Å². The molecule has 3 aliphatic heterocycles. The molecule has 8 nitrogen and oxygen atoms in total. The number of anilines is 2. The molecule has 0 radical (unpaired) electrons. The maximum Gasteiger partial charge on any atom is 0.332 e. The Hall–Kier alpha value is -2.90. The van der Waals surface area contributed by atoms with Gasteiger partial charge in [0, 0.05) is 24.2 Å². The fraction of sp³-hybridized carbons (Fsp3) is 0.474. The molecule has 1 aliphatic carbocycles. The number of hydrogen-bond donors (Lipinski definition) is 1. The average molecular weight is 368 g/mol. The smallest absolute Gasteiger partial charge is 0.332 e. The minimum atomic E-state index is -1.56. The molecule has 1 aromatic rings. The molecule has 1 aromatic carbocycles. The third-order valence-electron chi connectivity index (χ3n) is 6.51. The number of benzene rings is 1. The molecule has 1 saturated carbocycles. The molecule has 140 valence electrons. The van der Waals surface area contributed by atoms with Gasteiger partial charge in [0.2, 0.25) is 11.4 Å². The van der Waals surface area contributed by atoms with E-state index < -0.39 is 23.4 Å². The summed E-state index contributed by atoms with van der Waals surface area (Å²) in [5.41, 5.74) is 5.11. The topological polar surface area (TPSA) is 104 Å². The molecule has 5 rings (SSSR count). The minimum absolute atomic E-state index is 0.124. The predicted molar refractivity (Wildman–Crippen MR) is 95.8 cm³/mol. The Morgan fingerprint density at radius 3 is 2.37 bits per heavy atom. The lowest BCUT2D eigenvalue weighted by molar-refractivity contribution is -0.136. The minimum Gasteiger partial charge on any atom is -0.367 e. The van der Waals surface area contributed by atoms with Crippen molar-refractivity contribution in [3.63, 3.8) is 0 Å². The normalized spacial score (nSPS) is 32.0. The summed E-state index contributed by atoms with van der Waals surface area (Å²) in [6.07, 6.45) is 3.71. The first kappa shape index (κ1) is 16.3. The quantitative estimate of drug-likeness (QED) is 0.634. The molecule has 3 atom stereocenters. The Morgan fingerprint density at radius 2 is 1.78 bits per heavy atom. The van der Waals surface area contributed by atoms with Crippen molar-refractivity contribution in [3.05, 3.63) is 24.3 Å². The lowest BCUT2D eigenvalue weighted by Gasteiger charge is -2.27. The summed E-state index contributed by atoms with van der Waals surface area (Å²) in [5.74, 6) is -1.09. The largest absolute Gasteiger partial charge is 0.367 e. The molecule has 2 N–H and O–H groups in total. The van der Waals surface area contributed by atoms with E-state index in [-0.39, 0.29) is 24.3 Å². The number of urea groups is 1. The van der Waals surface area contributed by atoms with Gasteiger partial charge in [0.25, 0.3) is 11.8 Å². The van der Waals surface area contributed by atoms with E-state index >= 15 is 0 Å². The summed E-state index contributed by atoms with van der Waals surface area (Å²) in [7, 11) is 0. The second kappa shape index (κ2) is 5.31. The number of primary amides is 1. The number of imide groups is 1. The molecule has 8 heteroatoms. The first-order valence-electron chi connectivity index (χ1n) is 9.34. The van der Waals surface area contributed by atoms with E-state index in [9.17, 15) is 19.2 Å². The fourth-order valence-electron chi connectivity index (χ4n) is 5.18. The number of fused-ring (bicyclic) bond motifs is 3. The SMILES string of the molecule is NC(=O)[C@]12CCCN1C(=O)N(c1ccc(N3C(=O)C4CCC3C4)cc1)C2=O. The van der Waals surface area contributed by atoms with Gasteiger partial charge >= 0.3 is 6.03 Å². The summed E-state index contributed by atoms with van der Waals surface area (Å²) < 4.78 is 0. The second-order valence-corrected chi connectivity index (χ2v) is 7.79. The number of piperidine rings is 1. The number of amides is 5. The van der Waals surface area contributed by atoms with Crippen LogP contribution in [0.1, 0.15) is 32.1 Å². The highest BCUT2D eigenvalue weighted by atomic mass is 16.2. The first-order chi connectivity index (χ1) is 12.9. The highest BCUT2D eigenvalue weighted by Gasteiger charge is 2.63. The van der Waals surface area contributed by atoms with Gasteiger partial charge < -0.3 is 15.5 Å². The van der Waals surface area contributed by atoms with Gasteiger partial charge in [0.15, 0.2) is 0 Å². The molecule has 4 aliphatic rings. The zero-order valence-corrected chi connectivity index (χ0v) is 14.8. The molecular weight excluding hydrogens is 348 g/mol. The Balaban J connectivity index is 1.46. The van der Waals surface area contributed by atoms with Crippen molar-refractivity contribution >= 4 is 35.1 Å². The Bertz CT molecular complexity index is 882.